The first-order valence-electron chi connectivity index (χ1n) is 5.97. The van der Waals surface area contributed by atoms with Gasteiger partial charge in [-0.1, -0.05) is 24.8 Å². The van der Waals surface area contributed by atoms with Crippen molar-refractivity contribution in [3.63, 3.8) is 0 Å². The van der Waals surface area contributed by atoms with Crippen molar-refractivity contribution in [2.75, 3.05) is 7.11 Å². The van der Waals surface area contributed by atoms with E-state index in [0.717, 1.165) is 22.6 Å². The van der Waals surface area contributed by atoms with Gasteiger partial charge in [-0.15, -0.1) is 0 Å². The Hall–Kier alpha value is -2.55. The molecule has 0 saturated heterocycles. The van der Waals surface area contributed by atoms with E-state index in [4.69, 9.17) is 9.47 Å². The van der Waals surface area contributed by atoms with Crippen LogP contribution in [0.25, 0.3) is 5.76 Å². The van der Waals surface area contributed by atoms with E-state index in [9.17, 15) is 0 Å². The minimum absolute atomic E-state index is 0.589. The minimum Gasteiger partial charge on any atom is -0.497 e. The monoisotopic (exact) mass is 251 g/mol. The molecule has 0 amide bonds. The predicted octanol–water partition coefficient (Wildman–Crippen LogP) is 3.77. The standard InChI is InChI=1S/C16H13NO2/c1-11-14-5-3-4-6-15(14)16(19-11)17-12-7-9-13(18-2)10-8-12/h3-10H,1H2,2H3/b17-16-. The molecule has 0 spiro atoms. The normalized spacial score (nSPS) is 15.2. The Labute approximate surface area is 111 Å². The molecule has 0 unspecified atom stereocenters. The molecule has 0 radical (unpaired) electrons. The van der Waals surface area contributed by atoms with Crippen molar-refractivity contribution >= 4 is 17.3 Å². The molecule has 0 aromatic heterocycles. The maximum atomic E-state index is 5.62. The third-order valence-corrected chi connectivity index (χ3v) is 2.98. The van der Waals surface area contributed by atoms with Crippen LogP contribution in [-0.2, 0) is 4.74 Å². The Kier molecular flexibility index (Phi) is 2.80. The van der Waals surface area contributed by atoms with Crippen molar-refractivity contribution in [3.05, 3.63) is 66.2 Å². The van der Waals surface area contributed by atoms with Crippen LogP contribution in [0.5, 0.6) is 5.75 Å². The third kappa shape index (κ3) is 2.10. The highest BCUT2D eigenvalue weighted by atomic mass is 16.5. The van der Waals surface area contributed by atoms with E-state index in [0.29, 0.717) is 11.7 Å². The summed E-state index contributed by atoms with van der Waals surface area (Å²) in [7, 11) is 1.64. The lowest BCUT2D eigenvalue weighted by atomic mass is 10.1. The van der Waals surface area contributed by atoms with Crippen LogP contribution >= 0.6 is 0 Å². The number of aliphatic imine (C=N–C) groups is 1. The Balaban J connectivity index is 1.98. The van der Waals surface area contributed by atoms with Crippen LogP contribution in [0.4, 0.5) is 5.69 Å². The molecule has 0 aliphatic carbocycles. The van der Waals surface area contributed by atoms with Gasteiger partial charge in [0, 0.05) is 11.1 Å². The SMILES string of the molecule is C=C1O/C(=N\c2ccc(OC)cc2)c2ccccc21. The van der Waals surface area contributed by atoms with Crippen LogP contribution in [-0.4, -0.2) is 13.0 Å². The molecule has 3 rings (SSSR count). The fourth-order valence-corrected chi connectivity index (χ4v) is 2.00. The Morgan fingerprint density at radius 2 is 1.68 bits per heavy atom. The summed E-state index contributed by atoms with van der Waals surface area (Å²) in [4.78, 5) is 4.50. The summed E-state index contributed by atoms with van der Waals surface area (Å²) in [5, 5.41) is 0. The van der Waals surface area contributed by atoms with Crippen LogP contribution in [0.3, 0.4) is 0 Å². The molecule has 19 heavy (non-hydrogen) atoms. The largest absolute Gasteiger partial charge is 0.497 e. The van der Waals surface area contributed by atoms with Gasteiger partial charge < -0.3 is 9.47 Å². The molecule has 0 atom stereocenters. The number of rotatable bonds is 2. The molecule has 2 aromatic carbocycles. The number of ether oxygens (including phenoxy) is 2. The number of nitrogens with zero attached hydrogens (tertiary/aromatic N) is 1. The van der Waals surface area contributed by atoms with Gasteiger partial charge in [0.2, 0.25) is 5.90 Å². The summed E-state index contributed by atoms with van der Waals surface area (Å²) in [6.45, 7) is 3.89. The van der Waals surface area contributed by atoms with Crippen LogP contribution in [0, 0.1) is 0 Å². The predicted molar refractivity (Wildman–Crippen MR) is 75.8 cm³/mol. The van der Waals surface area contributed by atoms with Crippen molar-refractivity contribution in [1.29, 1.82) is 0 Å². The summed E-state index contributed by atoms with van der Waals surface area (Å²) >= 11 is 0. The van der Waals surface area contributed by atoms with E-state index >= 15 is 0 Å². The summed E-state index contributed by atoms with van der Waals surface area (Å²) in [6.07, 6.45) is 0. The van der Waals surface area contributed by atoms with Crippen molar-refractivity contribution < 1.29 is 9.47 Å². The van der Waals surface area contributed by atoms with Gasteiger partial charge in [0.1, 0.15) is 11.5 Å². The van der Waals surface area contributed by atoms with Crippen LogP contribution < -0.4 is 4.74 Å². The number of benzene rings is 2. The molecule has 1 heterocycles. The van der Waals surface area contributed by atoms with Gasteiger partial charge in [-0.2, -0.15) is 0 Å². The molecule has 3 heteroatoms. The van der Waals surface area contributed by atoms with E-state index in [2.05, 4.69) is 11.6 Å². The van der Waals surface area contributed by atoms with Gasteiger partial charge in [-0.3, -0.25) is 0 Å². The molecule has 1 aliphatic heterocycles. The van der Waals surface area contributed by atoms with E-state index < -0.39 is 0 Å². The molecule has 0 bridgehead atoms. The summed E-state index contributed by atoms with van der Waals surface area (Å²) < 4.78 is 10.7. The van der Waals surface area contributed by atoms with E-state index in [1.54, 1.807) is 7.11 Å². The summed E-state index contributed by atoms with van der Waals surface area (Å²) in [6, 6.07) is 15.4. The zero-order chi connectivity index (χ0) is 13.2. The topological polar surface area (TPSA) is 30.8 Å². The second-order valence-corrected chi connectivity index (χ2v) is 4.19. The quantitative estimate of drug-likeness (QED) is 0.813. The lowest BCUT2D eigenvalue weighted by Gasteiger charge is -2.01. The fourth-order valence-electron chi connectivity index (χ4n) is 2.00. The van der Waals surface area contributed by atoms with Crippen molar-refractivity contribution in [3.8, 4) is 5.75 Å². The molecule has 0 saturated carbocycles. The lowest BCUT2D eigenvalue weighted by molar-refractivity contribution is 0.415. The maximum absolute atomic E-state index is 5.62. The first-order chi connectivity index (χ1) is 9.28. The minimum atomic E-state index is 0.589. The molecule has 0 N–H and O–H groups in total. The smallest absolute Gasteiger partial charge is 0.227 e. The first-order valence-corrected chi connectivity index (χ1v) is 5.97. The number of methoxy groups -OCH3 is 1. The highest BCUT2D eigenvalue weighted by molar-refractivity contribution is 6.06. The zero-order valence-corrected chi connectivity index (χ0v) is 10.6. The second-order valence-electron chi connectivity index (χ2n) is 4.19. The Morgan fingerprint density at radius 3 is 2.37 bits per heavy atom. The van der Waals surface area contributed by atoms with E-state index in [1.807, 2.05) is 48.5 Å². The van der Waals surface area contributed by atoms with Crippen molar-refractivity contribution in [2.45, 2.75) is 0 Å². The molecule has 3 nitrogen and oxygen atoms in total. The molecule has 0 fully saturated rings. The highest BCUT2D eigenvalue weighted by Gasteiger charge is 2.22. The Morgan fingerprint density at radius 1 is 1.00 bits per heavy atom. The molecule has 94 valence electrons. The lowest BCUT2D eigenvalue weighted by Crippen LogP contribution is -1.95. The maximum Gasteiger partial charge on any atom is 0.227 e. The van der Waals surface area contributed by atoms with Gasteiger partial charge in [-0.25, -0.2) is 4.99 Å². The Bertz CT molecular complexity index is 657. The number of hydrogen-bond donors (Lipinski definition) is 0. The van der Waals surface area contributed by atoms with Gasteiger partial charge >= 0.3 is 0 Å². The van der Waals surface area contributed by atoms with Gasteiger partial charge in [0.15, 0.2) is 0 Å². The van der Waals surface area contributed by atoms with E-state index in [-0.39, 0.29) is 0 Å². The van der Waals surface area contributed by atoms with Crippen molar-refractivity contribution in [2.24, 2.45) is 4.99 Å². The highest BCUT2D eigenvalue weighted by Crippen LogP contribution is 2.30. The third-order valence-electron chi connectivity index (χ3n) is 2.98. The molecular weight excluding hydrogens is 238 g/mol. The van der Waals surface area contributed by atoms with Gasteiger partial charge in [0.05, 0.1) is 12.8 Å². The number of hydrogen-bond acceptors (Lipinski definition) is 3. The van der Waals surface area contributed by atoms with E-state index in [1.165, 1.54) is 0 Å². The van der Waals surface area contributed by atoms with Crippen LogP contribution in [0.15, 0.2) is 60.1 Å². The van der Waals surface area contributed by atoms with Crippen molar-refractivity contribution in [1.82, 2.24) is 0 Å². The molecule has 2 aromatic rings. The van der Waals surface area contributed by atoms with Gasteiger partial charge in [0.25, 0.3) is 0 Å². The average molecular weight is 251 g/mol. The fraction of sp³-hybridized carbons (Fsp3) is 0.0625. The molecule has 1 aliphatic rings. The summed E-state index contributed by atoms with van der Waals surface area (Å²) in [5.74, 6) is 2.04. The van der Waals surface area contributed by atoms with Crippen LogP contribution in [0.1, 0.15) is 11.1 Å². The van der Waals surface area contributed by atoms with Gasteiger partial charge in [-0.05, 0) is 30.3 Å². The summed E-state index contributed by atoms with van der Waals surface area (Å²) in [5.41, 5.74) is 2.79. The van der Waals surface area contributed by atoms with Crippen LogP contribution in [0.2, 0.25) is 0 Å². The number of fused-ring (bicyclic) bond motifs is 1. The second kappa shape index (κ2) is 4.61. The first kappa shape index (κ1) is 11.5. The average Bonchev–Trinajstić information content (AvgIpc) is 2.77. The zero-order valence-electron chi connectivity index (χ0n) is 10.6. The molecular formula is C16H13NO2.